The molecule has 2 aliphatic heterocycles. The molecule has 0 amide bonds. The maximum Gasteiger partial charge on any atom is 0.354 e. The molecule has 0 aliphatic carbocycles. The summed E-state index contributed by atoms with van der Waals surface area (Å²) in [5.41, 5.74) is 1.65. The van der Waals surface area contributed by atoms with Crippen LogP contribution in [-0.4, -0.2) is 59.2 Å². The second-order valence-electron chi connectivity index (χ2n) is 5.21. The molecule has 0 aromatic carbocycles. The number of aromatic carboxylic acids is 1. The van der Waals surface area contributed by atoms with Gasteiger partial charge in [0, 0.05) is 38.2 Å². The van der Waals surface area contributed by atoms with Gasteiger partial charge in [-0.2, -0.15) is 0 Å². The smallest absolute Gasteiger partial charge is 0.354 e. The van der Waals surface area contributed by atoms with Crippen LogP contribution in [0.15, 0.2) is 0 Å². The van der Waals surface area contributed by atoms with Gasteiger partial charge in [-0.1, -0.05) is 0 Å². The van der Waals surface area contributed by atoms with Gasteiger partial charge in [0.2, 0.25) is 0 Å². The fraction of sp³-hybridized carbons (Fsp3) is 0.615. The highest BCUT2D eigenvalue weighted by atomic mass is 16.5. The zero-order valence-electron chi connectivity index (χ0n) is 11.4. The van der Waals surface area contributed by atoms with Crippen LogP contribution in [0.5, 0.6) is 0 Å². The van der Waals surface area contributed by atoms with Crippen LogP contribution in [0.4, 0.5) is 0 Å². The minimum Gasteiger partial charge on any atom is -0.476 e. The first-order valence-corrected chi connectivity index (χ1v) is 6.79. The summed E-state index contributed by atoms with van der Waals surface area (Å²) in [4.78, 5) is 22.3. The third-order valence-electron chi connectivity index (χ3n) is 3.71. The van der Waals surface area contributed by atoms with E-state index in [1.807, 2.05) is 7.05 Å². The summed E-state index contributed by atoms with van der Waals surface area (Å²) in [6, 6.07) is 0. The average molecular weight is 278 g/mol. The van der Waals surface area contributed by atoms with Crippen LogP contribution < -0.4 is 5.32 Å². The molecule has 2 aliphatic rings. The van der Waals surface area contributed by atoms with Crippen LogP contribution >= 0.6 is 0 Å². The highest BCUT2D eigenvalue weighted by Gasteiger charge is 2.27. The summed E-state index contributed by atoms with van der Waals surface area (Å²) in [5, 5.41) is 12.5. The topological polar surface area (TPSA) is 87.6 Å². The number of aromatic nitrogens is 2. The third kappa shape index (κ3) is 2.52. The molecule has 1 atom stereocenters. The number of hydrogen-bond donors (Lipinski definition) is 2. The molecule has 7 nitrogen and oxygen atoms in total. The number of carbonyl (C=O) groups is 1. The molecule has 1 aromatic heterocycles. The number of nitrogens with zero attached hydrogens (tertiary/aromatic N) is 3. The lowest BCUT2D eigenvalue weighted by atomic mass is 10.0. The van der Waals surface area contributed by atoms with E-state index in [1.165, 1.54) is 0 Å². The van der Waals surface area contributed by atoms with Crippen molar-refractivity contribution >= 4 is 5.97 Å². The van der Waals surface area contributed by atoms with Crippen molar-refractivity contribution in [1.29, 1.82) is 0 Å². The molecule has 1 saturated heterocycles. The summed E-state index contributed by atoms with van der Waals surface area (Å²) in [5.74, 6) is -0.507. The monoisotopic (exact) mass is 278 g/mol. The molecule has 1 aromatic rings. The second-order valence-corrected chi connectivity index (χ2v) is 5.21. The first kappa shape index (κ1) is 13.4. The molecule has 108 valence electrons. The summed E-state index contributed by atoms with van der Waals surface area (Å²) < 4.78 is 5.68. The predicted octanol–water partition coefficient (Wildman–Crippen LogP) is -0.176. The zero-order valence-corrected chi connectivity index (χ0v) is 11.4. The van der Waals surface area contributed by atoms with E-state index in [0.717, 1.165) is 25.2 Å². The van der Waals surface area contributed by atoms with E-state index in [1.54, 1.807) is 0 Å². The molecule has 2 N–H and O–H groups in total. The van der Waals surface area contributed by atoms with E-state index in [0.29, 0.717) is 31.1 Å². The van der Waals surface area contributed by atoms with Crippen molar-refractivity contribution in [2.24, 2.45) is 0 Å². The van der Waals surface area contributed by atoms with Gasteiger partial charge < -0.3 is 20.1 Å². The Hall–Kier alpha value is -1.57. The summed E-state index contributed by atoms with van der Waals surface area (Å²) >= 11 is 0. The van der Waals surface area contributed by atoms with E-state index in [4.69, 9.17) is 4.74 Å². The molecular formula is C13H18N4O3. The number of likely N-dealkylation sites (N-methyl/N-ethyl adjacent to an activating group) is 1. The summed E-state index contributed by atoms with van der Waals surface area (Å²) in [6.07, 6.45) is 0.486. The fourth-order valence-electron chi connectivity index (χ4n) is 2.62. The maximum absolute atomic E-state index is 11.4. The van der Waals surface area contributed by atoms with Crippen LogP contribution in [0.1, 0.15) is 33.7 Å². The summed E-state index contributed by atoms with van der Waals surface area (Å²) in [7, 11) is 2.01. The Morgan fingerprint density at radius 3 is 3.10 bits per heavy atom. The van der Waals surface area contributed by atoms with Gasteiger partial charge in [0.1, 0.15) is 6.10 Å². The number of carboxylic acids is 1. The Labute approximate surface area is 117 Å². The molecule has 0 saturated carbocycles. The lowest BCUT2D eigenvalue weighted by molar-refractivity contribution is -0.0257. The molecule has 1 fully saturated rings. The van der Waals surface area contributed by atoms with Crippen molar-refractivity contribution in [3.05, 3.63) is 22.8 Å². The van der Waals surface area contributed by atoms with E-state index in [2.05, 4.69) is 20.2 Å². The van der Waals surface area contributed by atoms with Crippen LogP contribution in [0.25, 0.3) is 0 Å². The number of rotatable bonds is 2. The van der Waals surface area contributed by atoms with Crippen molar-refractivity contribution < 1.29 is 14.6 Å². The molecule has 3 rings (SSSR count). The fourth-order valence-corrected chi connectivity index (χ4v) is 2.62. The van der Waals surface area contributed by atoms with Crippen LogP contribution in [0, 0.1) is 0 Å². The van der Waals surface area contributed by atoms with Gasteiger partial charge >= 0.3 is 5.97 Å². The van der Waals surface area contributed by atoms with Crippen molar-refractivity contribution in [2.45, 2.75) is 19.1 Å². The Morgan fingerprint density at radius 2 is 2.35 bits per heavy atom. The normalized spacial score (nSPS) is 23.4. The first-order chi connectivity index (χ1) is 9.65. The molecule has 3 heterocycles. The molecule has 0 radical (unpaired) electrons. The first-order valence-electron chi connectivity index (χ1n) is 6.79. The highest BCUT2D eigenvalue weighted by molar-refractivity contribution is 5.87. The van der Waals surface area contributed by atoms with Crippen LogP contribution in [0.3, 0.4) is 0 Å². The van der Waals surface area contributed by atoms with Gasteiger partial charge in [-0.25, -0.2) is 14.8 Å². The van der Waals surface area contributed by atoms with E-state index >= 15 is 0 Å². The highest BCUT2D eigenvalue weighted by Crippen LogP contribution is 2.22. The lowest BCUT2D eigenvalue weighted by Gasteiger charge is -2.30. The standard InChI is InChI=1S/C13H18N4O3/c1-17-4-5-20-10(7-17)12-15-9-2-3-14-6-8(9)11(16-12)13(18)19/h10,14H,2-7H2,1H3,(H,18,19). The summed E-state index contributed by atoms with van der Waals surface area (Å²) in [6.45, 7) is 3.51. The number of ether oxygens (including phenoxy) is 1. The van der Waals surface area contributed by atoms with Gasteiger partial charge in [-0.05, 0) is 7.05 Å². The van der Waals surface area contributed by atoms with Crippen LogP contribution in [-0.2, 0) is 17.7 Å². The van der Waals surface area contributed by atoms with Gasteiger partial charge in [-0.3, -0.25) is 0 Å². The Balaban J connectivity index is 1.99. The maximum atomic E-state index is 11.4. The van der Waals surface area contributed by atoms with Gasteiger partial charge in [0.15, 0.2) is 11.5 Å². The average Bonchev–Trinajstić information content (AvgIpc) is 2.46. The molecule has 0 bridgehead atoms. The van der Waals surface area contributed by atoms with Crippen molar-refractivity contribution in [2.75, 3.05) is 33.3 Å². The molecule has 1 unspecified atom stereocenters. The minimum absolute atomic E-state index is 0.106. The Bertz CT molecular complexity index is 535. The lowest BCUT2D eigenvalue weighted by Crippen LogP contribution is -2.37. The second kappa shape index (κ2) is 5.43. The number of morpholine rings is 1. The number of nitrogens with one attached hydrogen (secondary N) is 1. The molecule has 7 heteroatoms. The van der Waals surface area contributed by atoms with Gasteiger partial charge in [0.05, 0.1) is 12.3 Å². The quantitative estimate of drug-likeness (QED) is 0.776. The van der Waals surface area contributed by atoms with E-state index in [-0.39, 0.29) is 11.8 Å². The third-order valence-corrected chi connectivity index (χ3v) is 3.71. The number of carboxylic acid groups (broad SMARTS) is 1. The Morgan fingerprint density at radius 1 is 1.50 bits per heavy atom. The van der Waals surface area contributed by atoms with Crippen molar-refractivity contribution in [3.63, 3.8) is 0 Å². The SMILES string of the molecule is CN1CCOC(c2nc3c(c(C(=O)O)n2)CNCC3)C1. The minimum atomic E-state index is -1.00. The molecule has 20 heavy (non-hydrogen) atoms. The zero-order chi connectivity index (χ0) is 14.1. The van der Waals surface area contributed by atoms with Gasteiger partial charge in [-0.15, -0.1) is 0 Å². The number of hydrogen-bond acceptors (Lipinski definition) is 6. The Kier molecular flexibility index (Phi) is 3.64. The van der Waals surface area contributed by atoms with E-state index in [9.17, 15) is 9.90 Å². The van der Waals surface area contributed by atoms with Crippen molar-refractivity contribution in [1.82, 2.24) is 20.2 Å². The van der Waals surface area contributed by atoms with E-state index < -0.39 is 5.97 Å². The molecule has 0 spiro atoms. The molecular weight excluding hydrogens is 260 g/mol. The van der Waals surface area contributed by atoms with Crippen LogP contribution in [0.2, 0.25) is 0 Å². The largest absolute Gasteiger partial charge is 0.476 e. The van der Waals surface area contributed by atoms with Crippen molar-refractivity contribution in [3.8, 4) is 0 Å². The van der Waals surface area contributed by atoms with Gasteiger partial charge in [0.25, 0.3) is 0 Å². The predicted molar refractivity (Wildman–Crippen MR) is 70.6 cm³/mol. The number of fused-ring (bicyclic) bond motifs is 1.